The summed E-state index contributed by atoms with van der Waals surface area (Å²) < 4.78 is 0.955. The van der Waals surface area contributed by atoms with E-state index in [1.165, 1.54) is 0 Å². The first kappa shape index (κ1) is 9.04. The van der Waals surface area contributed by atoms with E-state index in [1.54, 1.807) is 0 Å². The van der Waals surface area contributed by atoms with Gasteiger partial charge in [-0.1, -0.05) is 17.7 Å². The Kier molecular flexibility index (Phi) is 2.93. The summed E-state index contributed by atoms with van der Waals surface area (Å²) in [6.07, 6.45) is 0. The Balaban J connectivity index is 3.21. The molecule has 11 heavy (non-hydrogen) atoms. The van der Waals surface area contributed by atoms with E-state index in [0.29, 0.717) is 6.54 Å². The summed E-state index contributed by atoms with van der Waals surface area (Å²) in [6, 6.07) is 3.90. The van der Waals surface area contributed by atoms with Crippen LogP contribution in [0.5, 0.6) is 0 Å². The van der Waals surface area contributed by atoms with E-state index >= 15 is 0 Å². The van der Waals surface area contributed by atoms with E-state index in [2.05, 4.69) is 15.9 Å². The molecule has 2 N–H and O–H groups in total. The van der Waals surface area contributed by atoms with E-state index in [0.717, 1.165) is 20.6 Å². The van der Waals surface area contributed by atoms with Gasteiger partial charge in [0.1, 0.15) is 0 Å². The molecule has 0 fully saturated rings. The highest BCUT2D eigenvalue weighted by Gasteiger charge is 2.01. The standard InChI is InChI=1S/C8H9BrClN/c1-5-2-6(4-11)3-7(10)8(5)9/h2-3H,4,11H2,1H3. The topological polar surface area (TPSA) is 26.0 Å². The van der Waals surface area contributed by atoms with Gasteiger partial charge in [0.2, 0.25) is 0 Å². The first-order valence-corrected chi connectivity index (χ1v) is 4.47. The molecule has 1 aromatic rings. The van der Waals surface area contributed by atoms with Crippen molar-refractivity contribution < 1.29 is 0 Å². The fraction of sp³-hybridized carbons (Fsp3) is 0.250. The van der Waals surface area contributed by atoms with Crippen LogP contribution in [0, 0.1) is 6.92 Å². The molecule has 1 nitrogen and oxygen atoms in total. The molecule has 0 spiro atoms. The van der Waals surface area contributed by atoms with Crippen molar-refractivity contribution >= 4 is 27.5 Å². The lowest BCUT2D eigenvalue weighted by molar-refractivity contribution is 1.06. The summed E-state index contributed by atoms with van der Waals surface area (Å²) in [5.41, 5.74) is 7.65. The molecule has 0 unspecified atom stereocenters. The third-order valence-corrected chi connectivity index (χ3v) is 3.08. The molecule has 0 heterocycles. The summed E-state index contributed by atoms with van der Waals surface area (Å²) in [7, 11) is 0. The second kappa shape index (κ2) is 3.57. The second-order valence-electron chi connectivity index (χ2n) is 2.41. The molecule has 3 heteroatoms. The Morgan fingerprint density at radius 3 is 2.64 bits per heavy atom. The lowest BCUT2D eigenvalue weighted by atomic mass is 10.1. The molecule has 0 aliphatic carbocycles. The minimum atomic E-state index is 0.536. The number of hydrogen-bond donors (Lipinski definition) is 1. The molecule has 0 aliphatic rings. The van der Waals surface area contributed by atoms with Crippen molar-refractivity contribution in [2.45, 2.75) is 13.5 Å². The van der Waals surface area contributed by atoms with Gasteiger partial charge in [-0.2, -0.15) is 0 Å². The van der Waals surface area contributed by atoms with Gasteiger partial charge in [0.25, 0.3) is 0 Å². The predicted molar refractivity (Wildman–Crippen MR) is 51.8 cm³/mol. The molecular formula is C8H9BrClN. The third-order valence-electron chi connectivity index (χ3n) is 1.51. The van der Waals surface area contributed by atoms with Crippen LogP contribution in [0.3, 0.4) is 0 Å². The molecule has 1 rings (SSSR count). The number of nitrogens with two attached hydrogens (primary N) is 1. The molecule has 60 valence electrons. The summed E-state index contributed by atoms with van der Waals surface area (Å²) in [5.74, 6) is 0. The van der Waals surface area contributed by atoms with Crippen molar-refractivity contribution in [2.24, 2.45) is 5.73 Å². The Morgan fingerprint density at radius 2 is 2.18 bits per heavy atom. The molecule has 0 saturated heterocycles. The van der Waals surface area contributed by atoms with Gasteiger partial charge in [-0.05, 0) is 40.0 Å². The average Bonchev–Trinajstić information content (AvgIpc) is 1.99. The molecular weight excluding hydrogens is 225 g/mol. The molecule has 0 radical (unpaired) electrons. The number of hydrogen-bond acceptors (Lipinski definition) is 1. The average molecular weight is 235 g/mol. The SMILES string of the molecule is Cc1cc(CN)cc(Cl)c1Br. The quantitative estimate of drug-likeness (QED) is 0.794. The highest BCUT2D eigenvalue weighted by atomic mass is 79.9. The van der Waals surface area contributed by atoms with E-state index in [-0.39, 0.29) is 0 Å². The molecule has 0 saturated carbocycles. The second-order valence-corrected chi connectivity index (χ2v) is 3.61. The van der Waals surface area contributed by atoms with Crippen molar-refractivity contribution in [3.63, 3.8) is 0 Å². The number of aryl methyl sites for hydroxylation is 1. The lowest BCUT2D eigenvalue weighted by Crippen LogP contribution is -1.96. The van der Waals surface area contributed by atoms with Gasteiger partial charge in [-0.15, -0.1) is 0 Å². The third kappa shape index (κ3) is 1.95. The molecule has 0 atom stereocenters. The van der Waals surface area contributed by atoms with Crippen LogP contribution >= 0.6 is 27.5 Å². The van der Waals surface area contributed by atoms with Crippen LogP contribution < -0.4 is 5.73 Å². The molecule has 0 aromatic heterocycles. The first-order chi connectivity index (χ1) is 5.15. The van der Waals surface area contributed by atoms with Crippen molar-refractivity contribution in [3.05, 3.63) is 32.8 Å². The zero-order valence-corrected chi connectivity index (χ0v) is 8.54. The highest BCUT2D eigenvalue weighted by molar-refractivity contribution is 9.10. The smallest absolute Gasteiger partial charge is 0.0553 e. The molecule has 0 aliphatic heterocycles. The van der Waals surface area contributed by atoms with Crippen LogP contribution in [0.15, 0.2) is 16.6 Å². The summed E-state index contributed by atoms with van der Waals surface area (Å²) in [5, 5.41) is 0.727. The normalized spacial score (nSPS) is 10.2. The predicted octanol–water partition coefficient (Wildman–Crippen LogP) is 2.87. The van der Waals surface area contributed by atoms with Gasteiger partial charge in [-0.3, -0.25) is 0 Å². The van der Waals surface area contributed by atoms with Crippen molar-refractivity contribution in [1.82, 2.24) is 0 Å². The fourth-order valence-electron chi connectivity index (χ4n) is 0.915. The largest absolute Gasteiger partial charge is 0.326 e. The highest BCUT2D eigenvalue weighted by Crippen LogP contribution is 2.27. The first-order valence-electron chi connectivity index (χ1n) is 3.29. The van der Waals surface area contributed by atoms with Crippen molar-refractivity contribution in [2.75, 3.05) is 0 Å². The van der Waals surface area contributed by atoms with E-state index in [9.17, 15) is 0 Å². The number of halogens is 2. The number of rotatable bonds is 1. The van der Waals surface area contributed by atoms with Crippen LogP contribution in [-0.2, 0) is 6.54 Å². The molecule has 0 bridgehead atoms. The minimum absolute atomic E-state index is 0.536. The summed E-state index contributed by atoms with van der Waals surface area (Å²) in [4.78, 5) is 0. The summed E-state index contributed by atoms with van der Waals surface area (Å²) >= 11 is 9.27. The van der Waals surface area contributed by atoms with Gasteiger partial charge in [0.05, 0.1) is 5.02 Å². The maximum atomic E-state index is 5.90. The molecule has 1 aromatic carbocycles. The van der Waals surface area contributed by atoms with E-state index in [4.69, 9.17) is 17.3 Å². The minimum Gasteiger partial charge on any atom is -0.326 e. The van der Waals surface area contributed by atoms with E-state index < -0.39 is 0 Å². The van der Waals surface area contributed by atoms with Crippen LogP contribution in [0.1, 0.15) is 11.1 Å². The zero-order chi connectivity index (χ0) is 8.43. The maximum Gasteiger partial charge on any atom is 0.0553 e. The fourth-order valence-corrected chi connectivity index (χ4v) is 1.43. The van der Waals surface area contributed by atoms with Crippen LogP contribution in [0.25, 0.3) is 0 Å². The van der Waals surface area contributed by atoms with Crippen LogP contribution in [-0.4, -0.2) is 0 Å². The monoisotopic (exact) mass is 233 g/mol. The zero-order valence-electron chi connectivity index (χ0n) is 6.20. The van der Waals surface area contributed by atoms with Gasteiger partial charge in [-0.25, -0.2) is 0 Å². The van der Waals surface area contributed by atoms with Gasteiger partial charge in [0.15, 0.2) is 0 Å². The Hall–Kier alpha value is -0.0500. The van der Waals surface area contributed by atoms with Gasteiger partial charge < -0.3 is 5.73 Å². The van der Waals surface area contributed by atoms with Crippen LogP contribution in [0.4, 0.5) is 0 Å². The van der Waals surface area contributed by atoms with Gasteiger partial charge in [0, 0.05) is 11.0 Å². The lowest BCUT2D eigenvalue weighted by Gasteiger charge is -2.03. The summed E-state index contributed by atoms with van der Waals surface area (Å²) in [6.45, 7) is 2.53. The van der Waals surface area contributed by atoms with E-state index in [1.807, 2.05) is 19.1 Å². The Morgan fingerprint density at radius 1 is 1.55 bits per heavy atom. The maximum absolute atomic E-state index is 5.90. The van der Waals surface area contributed by atoms with Crippen molar-refractivity contribution in [3.8, 4) is 0 Å². The van der Waals surface area contributed by atoms with Crippen molar-refractivity contribution in [1.29, 1.82) is 0 Å². The molecule has 0 amide bonds. The Labute approximate surface area is 79.7 Å². The Bertz CT molecular complexity index is 250. The number of benzene rings is 1. The van der Waals surface area contributed by atoms with Crippen LogP contribution in [0.2, 0.25) is 5.02 Å². The van der Waals surface area contributed by atoms with Gasteiger partial charge >= 0.3 is 0 Å².